The van der Waals surface area contributed by atoms with E-state index in [2.05, 4.69) is 0 Å². The Labute approximate surface area is 198 Å². The molecule has 0 bridgehead atoms. The highest BCUT2D eigenvalue weighted by molar-refractivity contribution is 7.80. The van der Waals surface area contributed by atoms with Crippen LogP contribution in [0.5, 0.6) is 5.75 Å². The number of aliphatic hydroxyl groups is 2. The van der Waals surface area contributed by atoms with Crippen LogP contribution in [0.1, 0.15) is 37.8 Å². The number of halogens is 4. The van der Waals surface area contributed by atoms with Crippen molar-refractivity contribution in [1.29, 1.82) is 5.26 Å². The van der Waals surface area contributed by atoms with Crippen LogP contribution in [0.15, 0.2) is 36.4 Å². The van der Waals surface area contributed by atoms with Crippen LogP contribution >= 0.6 is 12.2 Å². The zero-order chi connectivity index (χ0) is 25.1. The van der Waals surface area contributed by atoms with E-state index >= 15 is 0 Å². The fourth-order valence-corrected chi connectivity index (χ4v) is 4.39. The molecule has 0 spiro atoms. The molecule has 2 aliphatic rings. The van der Waals surface area contributed by atoms with Crippen LogP contribution in [0.4, 0.5) is 28.9 Å². The summed E-state index contributed by atoms with van der Waals surface area (Å²) < 4.78 is 60.5. The summed E-state index contributed by atoms with van der Waals surface area (Å²) in [5.41, 5.74) is -3.58. The Hall–Kier alpha value is -2.94. The largest absolute Gasteiger partial charge is 0.488 e. The second kappa shape index (κ2) is 8.08. The number of benzene rings is 2. The molecule has 1 saturated carbocycles. The Balaban J connectivity index is 1.67. The van der Waals surface area contributed by atoms with Crippen molar-refractivity contribution in [3.63, 3.8) is 0 Å². The van der Waals surface area contributed by atoms with Crippen molar-refractivity contribution in [2.24, 2.45) is 0 Å². The smallest absolute Gasteiger partial charge is 0.417 e. The maximum atomic E-state index is 14.8. The number of ether oxygens (including phenoxy) is 1. The quantitative estimate of drug-likeness (QED) is 0.472. The van der Waals surface area contributed by atoms with Crippen molar-refractivity contribution in [3.05, 3.63) is 53.3 Å². The molecule has 1 unspecified atom stereocenters. The maximum Gasteiger partial charge on any atom is 0.417 e. The van der Waals surface area contributed by atoms with Gasteiger partial charge in [-0.15, -0.1) is 0 Å². The highest BCUT2D eigenvalue weighted by Crippen LogP contribution is 2.42. The van der Waals surface area contributed by atoms with E-state index < -0.39 is 40.5 Å². The molecule has 0 aromatic heterocycles. The van der Waals surface area contributed by atoms with Crippen molar-refractivity contribution < 1.29 is 32.5 Å². The third-order valence-corrected chi connectivity index (χ3v) is 6.43. The average molecular weight is 495 g/mol. The van der Waals surface area contributed by atoms with Crippen molar-refractivity contribution in [1.82, 2.24) is 0 Å². The van der Waals surface area contributed by atoms with E-state index in [1.165, 1.54) is 29.2 Å². The van der Waals surface area contributed by atoms with Gasteiger partial charge in [-0.3, -0.25) is 4.90 Å². The summed E-state index contributed by atoms with van der Waals surface area (Å²) in [7, 11) is 0. The SMILES string of the molecule is CC1(C)C(O)N(c2ccc(C#N)c(C(F)(F)F)c2)C(=S)N1c1ccc(OCC2(O)CC2)c(F)c1. The molecule has 6 nitrogen and oxygen atoms in total. The summed E-state index contributed by atoms with van der Waals surface area (Å²) in [6.07, 6.45) is -4.99. The molecule has 1 saturated heterocycles. The van der Waals surface area contributed by atoms with Crippen LogP contribution in [-0.4, -0.2) is 39.3 Å². The van der Waals surface area contributed by atoms with E-state index in [-0.39, 0.29) is 28.8 Å². The van der Waals surface area contributed by atoms with E-state index in [1.54, 1.807) is 13.8 Å². The standard InChI is InChI=1S/C23H21F4N3O3S/c1-21(2)19(31)29(14-4-3-13(11-28)16(9-14)23(25,26)27)20(34)30(21)15-5-6-18(17(24)10-15)33-12-22(32)7-8-22/h3-6,9-10,19,31-32H,7-8,12H2,1-2H3. The van der Waals surface area contributed by atoms with E-state index in [0.717, 1.165) is 23.1 Å². The van der Waals surface area contributed by atoms with Gasteiger partial charge in [-0.1, -0.05) is 0 Å². The normalized spacial score (nSPS) is 20.9. The molecule has 0 radical (unpaired) electrons. The first-order chi connectivity index (χ1) is 15.8. The number of rotatable bonds is 5. The van der Waals surface area contributed by atoms with Gasteiger partial charge in [-0.25, -0.2) is 4.39 Å². The first-order valence-corrected chi connectivity index (χ1v) is 10.8. The zero-order valence-electron chi connectivity index (χ0n) is 18.2. The summed E-state index contributed by atoms with van der Waals surface area (Å²) in [6.45, 7) is 3.19. The number of thiocarbonyl (C=S) groups is 1. The predicted molar refractivity (Wildman–Crippen MR) is 120 cm³/mol. The van der Waals surface area contributed by atoms with Gasteiger partial charge in [0, 0.05) is 17.4 Å². The van der Waals surface area contributed by atoms with Gasteiger partial charge in [0.25, 0.3) is 0 Å². The topological polar surface area (TPSA) is 80.0 Å². The lowest BCUT2D eigenvalue weighted by molar-refractivity contribution is -0.137. The monoisotopic (exact) mass is 495 g/mol. The first-order valence-electron chi connectivity index (χ1n) is 10.4. The molecule has 1 aliphatic carbocycles. The average Bonchev–Trinajstić information content (AvgIpc) is 3.45. The summed E-state index contributed by atoms with van der Waals surface area (Å²) in [5.74, 6) is -0.780. The molecule has 1 aliphatic heterocycles. The molecule has 2 N–H and O–H groups in total. The van der Waals surface area contributed by atoms with Crippen LogP contribution in [-0.2, 0) is 6.18 Å². The molecule has 1 atom stereocenters. The Morgan fingerprint density at radius 3 is 2.38 bits per heavy atom. The second-order valence-electron chi connectivity index (χ2n) is 8.98. The Morgan fingerprint density at radius 2 is 1.82 bits per heavy atom. The van der Waals surface area contributed by atoms with Crippen LogP contribution in [0.3, 0.4) is 0 Å². The number of aliphatic hydroxyl groups excluding tert-OH is 1. The van der Waals surface area contributed by atoms with E-state index in [1.807, 2.05) is 0 Å². The zero-order valence-corrected chi connectivity index (χ0v) is 19.0. The molecular weight excluding hydrogens is 474 g/mol. The molecule has 0 amide bonds. The third-order valence-electron chi connectivity index (χ3n) is 6.05. The van der Waals surface area contributed by atoms with Crippen molar-refractivity contribution >= 4 is 28.7 Å². The second-order valence-corrected chi connectivity index (χ2v) is 9.35. The number of nitriles is 1. The number of hydrogen-bond acceptors (Lipinski definition) is 5. The lowest BCUT2D eigenvalue weighted by atomic mass is 10.0. The van der Waals surface area contributed by atoms with Gasteiger partial charge < -0.3 is 19.8 Å². The minimum atomic E-state index is -4.78. The van der Waals surface area contributed by atoms with Gasteiger partial charge in [0.2, 0.25) is 0 Å². The van der Waals surface area contributed by atoms with Crippen LogP contribution in [0.25, 0.3) is 0 Å². The molecule has 180 valence electrons. The van der Waals surface area contributed by atoms with Gasteiger partial charge in [0.05, 0.1) is 28.3 Å². The van der Waals surface area contributed by atoms with Crippen molar-refractivity contribution in [2.75, 3.05) is 16.4 Å². The minimum absolute atomic E-state index is 0.0381. The van der Waals surface area contributed by atoms with Gasteiger partial charge in [-0.05, 0) is 69.2 Å². The highest BCUT2D eigenvalue weighted by Gasteiger charge is 2.50. The molecule has 11 heteroatoms. The van der Waals surface area contributed by atoms with Crippen LogP contribution in [0, 0.1) is 17.1 Å². The van der Waals surface area contributed by atoms with Crippen molar-refractivity contribution in [2.45, 2.75) is 50.2 Å². The fraction of sp³-hybridized carbons (Fsp3) is 0.391. The van der Waals surface area contributed by atoms with E-state index in [0.29, 0.717) is 12.8 Å². The van der Waals surface area contributed by atoms with Crippen molar-refractivity contribution in [3.8, 4) is 11.8 Å². The fourth-order valence-electron chi connectivity index (χ4n) is 3.85. The Kier molecular flexibility index (Phi) is 5.75. The van der Waals surface area contributed by atoms with Crippen LogP contribution in [0.2, 0.25) is 0 Å². The minimum Gasteiger partial charge on any atom is -0.488 e. The number of hydrogen-bond donors (Lipinski definition) is 2. The van der Waals surface area contributed by atoms with E-state index in [4.69, 9.17) is 22.2 Å². The number of nitrogens with zero attached hydrogens (tertiary/aromatic N) is 3. The molecule has 34 heavy (non-hydrogen) atoms. The molecule has 2 aromatic carbocycles. The molecular formula is C23H21F4N3O3S. The van der Waals surface area contributed by atoms with Gasteiger partial charge in [0.15, 0.2) is 22.9 Å². The first kappa shape index (κ1) is 24.2. The highest BCUT2D eigenvalue weighted by atomic mass is 32.1. The van der Waals surface area contributed by atoms with E-state index in [9.17, 15) is 27.8 Å². The Morgan fingerprint density at radius 1 is 1.18 bits per heavy atom. The molecule has 1 heterocycles. The lowest BCUT2D eigenvalue weighted by Gasteiger charge is -2.33. The van der Waals surface area contributed by atoms with Gasteiger partial charge in [-0.2, -0.15) is 18.4 Å². The molecule has 2 aromatic rings. The predicted octanol–water partition coefficient (Wildman–Crippen LogP) is 4.33. The summed E-state index contributed by atoms with van der Waals surface area (Å²) >= 11 is 5.49. The molecule has 2 fully saturated rings. The number of anilines is 2. The van der Waals surface area contributed by atoms with Gasteiger partial charge in [0.1, 0.15) is 6.61 Å². The lowest BCUT2D eigenvalue weighted by Crippen LogP contribution is -2.47. The summed E-state index contributed by atoms with van der Waals surface area (Å²) in [5, 5.41) is 29.9. The molecule has 4 rings (SSSR count). The summed E-state index contributed by atoms with van der Waals surface area (Å²) in [4.78, 5) is 2.58. The summed E-state index contributed by atoms with van der Waals surface area (Å²) in [6, 6.07) is 8.59. The third kappa shape index (κ3) is 4.17. The number of alkyl halides is 3. The van der Waals surface area contributed by atoms with Crippen LogP contribution < -0.4 is 14.5 Å². The maximum absolute atomic E-state index is 14.8. The van der Waals surface area contributed by atoms with Gasteiger partial charge >= 0.3 is 6.18 Å². The Bertz CT molecular complexity index is 1190.